The highest BCUT2D eigenvalue weighted by Gasteiger charge is 2.35. The minimum atomic E-state index is -0.848. The van der Waals surface area contributed by atoms with Crippen molar-refractivity contribution in [1.82, 2.24) is 4.57 Å². The third-order valence-corrected chi connectivity index (χ3v) is 9.00. The molecule has 0 aliphatic carbocycles. The Kier molecular flexibility index (Phi) is 8.98. The lowest BCUT2D eigenvalue weighted by Gasteiger charge is -2.26. The second-order valence-corrected chi connectivity index (χ2v) is 11.7. The van der Waals surface area contributed by atoms with Crippen LogP contribution in [0.3, 0.4) is 0 Å². The fourth-order valence-corrected chi connectivity index (χ4v) is 6.63. The molecule has 0 N–H and O–H groups in total. The first-order valence-electron chi connectivity index (χ1n) is 12.9. The van der Waals surface area contributed by atoms with E-state index in [1.165, 1.54) is 23.0 Å². The second kappa shape index (κ2) is 12.5. The molecule has 4 aromatic rings. The molecule has 0 unspecified atom stereocenters. The Hall–Kier alpha value is -3.31. The molecule has 3 heterocycles. The number of fused-ring (bicyclic) bond motifs is 1. The Bertz CT molecular complexity index is 1910. The fraction of sp³-hybridized carbons (Fsp3) is 0.233. The van der Waals surface area contributed by atoms with E-state index in [-0.39, 0.29) is 17.7 Å². The first-order valence-corrected chi connectivity index (χ1v) is 15.3. The Morgan fingerprint density at radius 3 is 2.67 bits per heavy atom. The summed E-state index contributed by atoms with van der Waals surface area (Å²) in [6.07, 6.45) is 1.64. The number of carbonyl (C=O) groups excluding carboxylic acids is 1. The van der Waals surface area contributed by atoms with E-state index in [9.17, 15) is 9.59 Å². The van der Waals surface area contributed by atoms with E-state index in [0.29, 0.717) is 70.3 Å². The van der Waals surface area contributed by atoms with Crippen molar-refractivity contribution in [2.24, 2.45) is 4.99 Å². The van der Waals surface area contributed by atoms with Gasteiger partial charge in [0.15, 0.2) is 16.3 Å². The number of hydrogen-bond acceptors (Lipinski definition) is 8. The van der Waals surface area contributed by atoms with E-state index in [0.717, 1.165) is 0 Å². The second-order valence-electron chi connectivity index (χ2n) is 9.06. The number of hydrogen-bond donors (Lipinski definition) is 0. The average molecular weight is 692 g/mol. The highest BCUT2D eigenvalue weighted by molar-refractivity contribution is 9.10. The monoisotopic (exact) mass is 690 g/mol. The Labute approximate surface area is 263 Å². The lowest BCUT2D eigenvalue weighted by atomic mass is 9.95. The van der Waals surface area contributed by atoms with Crippen molar-refractivity contribution in [1.29, 1.82) is 0 Å². The zero-order valence-electron chi connectivity index (χ0n) is 23.0. The molecule has 1 aliphatic rings. The maximum atomic E-state index is 14.0. The molecule has 0 amide bonds. The molecule has 2 aromatic carbocycles. The molecule has 1 aliphatic heterocycles. The minimum Gasteiger partial charge on any atom is -0.493 e. The maximum Gasteiger partial charge on any atom is 0.338 e. The lowest BCUT2D eigenvalue weighted by Crippen LogP contribution is -2.40. The summed E-state index contributed by atoms with van der Waals surface area (Å²) in [6.45, 7) is 5.92. The van der Waals surface area contributed by atoms with Crippen molar-refractivity contribution >= 4 is 62.5 Å². The maximum absolute atomic E-state index is 14.0. The van der Waals surface area contributed by atoms with Crippen molar-refractivity contribution < 1.29 is 23.4 Å². The van der Waals surface area contributed by atoms with Crippen LogP contribution in [-0.4, -0.2) is 30.9 Å². The van der Waals surface area contributed by atoms with Crippen LogP contribution in [0.5, 0.6) is 11.5 Å². The molecule has 12 heteroatoms. The standard InChI is InChI=1S/C30H25BrCl2N2O6S/c1-5-39-23-14-19(31)18(13-22(23)38-4)27-25(29(37)40-6-2)15(3)34-30-35(27)28(36)24(42-30)12-16-10-11-21(41-16)17-8-7-9-20(32)26(17)33/h7-14,27H,5-6H2,1-4H3/b24-12+/t27-/m1/s1. The molecule has 218 valence electrons. The van der Waals surface area contributed by atoms with Gasteiger partial charge in [-0.3, -0.25) is 9.36 Å². The summed E-state index contributed by atoms with van der Waals surface area (Å²) in [4.78, 5) is 32.3. The molecule has 0 saturated carbocycles. The smallest absolute Gasteiger partial charge is 0.338 e. The Morgan fingerprint density at radius 2 is 1.95 bits per heavy atom. The molecule has 0 spiro atoms. The van der Waals surface area contributed by atoms with Gasteiger partial charge in [-0.2, -0.15) is 0 Å². The van der Waals surface area contributed by atoms with Gasteiger partial charge in [0.05, 0.1) is 52.2 Å². The topological polar surface area (TPSA) is 92.3 Å². The van der Waals surface area contributed by atoms with Crippen molar-refractivity contribution in [2.75, 3.05) is 20.3 Å². The minimum absolute atomic E-state index is 0.165. The number of rotatable bonds is 8. The van der Waals surface area contributed by atoms with Gasteiger partial charge in [0, 0.05) is 16.1 Å². The van der Waals surface area contributed by atoms with Gasteiger partial charge in [-0.1, -0.05) is 56.5 Å². The summed E-state index contributed by atoms with van der Waals surface area (Å²) in [5.74, 6) is 1.36. The Balaban J connectivity index is 1.68. The van der Waals surface area contributed by atoms with Crippen LogP contribution in [-0.2, 0) is 9.53 Å². The van der Waals surface area contributed by atoms with Gasteiger partial charge >= 0.3 is 5.97 Å². The van der Waals surface area contributed by atoms with Crippen LogP contribution in [0, 0.1) is 0 Å². The van der Waals surface area contributed by atoms with Crippen LogP contribution >= 0.6 is 50.5 Å². The van der Waals surface area contributed by atoms with E-state index in [4.69, 9.17) is 41.8 Å². The third-order valence-electron chi connectivity index (χ3n) is 6.51. The number of methoxy groups -OCH3 is 1. The first-order chi connectivity index (χ1) is 20.2. The lowest BCUT2D eigenvalue weighted by molar-refractivity contribution is -0.139. The number of furan rings is 1. The summed E-state index contributed by atoms with van der Waals surface area (Å²) in [6, 6.07) is 11.4. The number of allylic oxidation sites excluding steroid dienone is 1. The number of aromatic nitrogens is 1. The molecule has 2 aromatic heterocycles. The van der Waals surface area contributed by atoms with E-state index in [2.05, 4.69) is 20.9 Å². The molecular weight excluding hydrogens is 667 g/mol. The van der Waals surface area contributed by atoms with E-state index >= 15 is 0 Å². The zero-order chi connectivity index (χ0) is 30.1. The number of esters is 1. The zero-order valence-corrected chi connectivity index (χ0v) is 26.9. The van der Waals surface area contributed by atoms with Gasteiger partial charge in [0.1, 0.15) is 11.5 Å². The van der Waals surface area contributed by atoms with Crippen molar-refractivity contribution in [2.45, 2.75) is 26.8 Å². The summed E-state index contributed by atoms with van der Waals surface area (Å²) in [5, 5.41) is 0.781. The van der Waals surface area contributed by atoms with Crippen molar-refractivity contribution in [3.8, 4) is 22.8 Å². The van der Waals surface area contributed by atoms with Gasteiger partial charge in [-0.05, 0) is 62.7 Å². The van der Waals surface area contributed by atoms with Gasteiger partial charge in [-0.15, -0.1) is 0 Å². The largest absolute Gasteiger partial charge is 0.493 e. The summed E-state index contributed by atoms with van der Waals surface area (Å²) in [7, 11) is 1.53. The number of carbonyl (C=O) groups is 1. The van der Waals surface area contributed by atoms with Gasteiger partial charge in [0.2, 0.25) is 0 Å². The number of thiazole rings is 1. The number of benzene rings is 2. The van der Waals surface area contributed by atoms with Crippen molar-refractivity contribution in [3.63, 3.8) is 0 Å². The van der Waals surface area contributed by atoms with Gasteiger partial charge in [-0.25, -0.2) is 9.79 Å². The predicted molar refractivity (Wildman–Crippen MR) is 166 cm³/mol. The van der Waals surface area contributed by atoms with Crippen LogP contribution in [0.4, 0.5) is 0 Å². The normalized spacial score (nSPS) is 14.9. The average Bonchev–Trinajstić information content (AvgIpc) is 3.54. The molecule has 42 heavy (non-hydrogen) atoms. The SMILES string of the molecule is CCOC(=O)C1=C(C)N=c2s/c(=C/c3ccc(-c4cccc(Cl)c4Cl)o3)c(=O)n2[C@@H]1c1cc(OC)c(OCC)cc1Br. The van der Waals surface area contributed by atoms with E-state index in [1.54, 1.807) is 62.4 Å². The number of ether oxygens (including phenoxy) is 3. The Morgan fingerprint density at radius 1 is 1.17 bits per heavy atom. The number of halogens is 3. The highest BCUT2D eigenvalue weighted by atomic mass is 79.9. The van der Waals surface area contributed by atoms with E-state index in [1.807, 2.05) is 6.92 Å². The van der Waals surface area contributed by atoms with Crippen LogP contribution < -0.4 is 24.4 Å². The van der Waals surface area contributed by atoms with Gasteiger partial charge in [0.25, 0.3) is 5.56 Å². The fourth-order valence-electron chi connectivity index (χ4n) is 4.67. The van der Waals surface area contributed by atoms with Gasteiger partial charge < -0.3 is 18.6 Å². The predicted octanol–water partition coefficient (Wildman–Crippen LogP) is 6.53. The van der Waals surface area contributed by atoms with Crippen LogP contribution in [0.1, 0.15) is 38.1 Å². The molecule has 8 nitrogen and oxygen atoms in total. The molecule has 0 fully saturated rings. The molecule has 0 radical (unpaired) electrons. The highest BCUT2D eigenvalue weighted by Crippen LogP contribution is 2.41. The molecule has 5 rings (SSSR count). The summed E-state index contributed by atoms with van der Waals surface area (Å²) >= 11 is 17.4. The van der Waals surface area contributed by atoms with E-state index < -0.39 is 12.0 Å². The van der Waals surface area contributed by atoms with Crippen LogP contribution in [0.25, 0.3) is 17.4 Å². The molecule has 1 atom stereocenters. The first kappa shape index (κ1) is 30.2. The number of nitrogens with zero attached hydrogens (tertiary/aromatic N) is 2. The molecule has 0 saturated heterocycles. The third kappa shape index (κ3) is 5.56. The summed E-state index contributed by atoms with van der Waals surface area (Å²) in [5.41, 5.74) is 1.59. The summed E-state index contributed by atoms with van der Waals surface area (Å²) < 4.78 is 25.2. The van der Waals surface area contributed by atoms with Crippen molar-refractivity contribution in [3.05, 3.63) is 99.3 Å². The molecule has 0 bridgehead atoms. The quantitative estimate of drug-likeness (QED) is 0.195. The van der Waals surface area contributed by atoms with Crippen LogP contribution in [0.15, 0.2) is 72.4 Å². The van der Waals surface area contributed by atoms with Crippen LogP contribution in [0.2, 0.25) is 10.0 Å². The molecular formula is C30H25BrCl2N2O6S.